The summed E-state index contributed by atoms with van der Waals surface area (Å²) in [6.07, 6.45) is -0.227. The predicted octanol–water partition coefficient (Wildman–Crippen LogP) is 2.93. The second kappa shape index (κ2) is 8.32. The number of benzene rings is 1. The zero-order valence-corrected chi connectivity index (χ0v) is 12.1. The van der Waals surface area contributed by atoms with Gasteiger partial charge < -0.3 is 9.47 Å². The minimum atomic E-state index is -0.629. The summed E-state index contributed by atoms with van der Waals surface area (Å²) in [6, 6.07) is 6.58. The number of nitrogens with zero attached hydrogens (tertiary/aromatic N) is 1. The number of hydrogen-bond donors (Lipinski definition) is 0. The quantitative estimate of drug-likeness (QED) is 0.598. The Kier molecular flexibility index (Phi) is 6.73. The third-order valence-corrected chi connectivity index (χ3v) is 2.47. The normalized spacial score (nSPS) is 11.1. The Morgan fingerprint density at radius 2 is 1.70 bits per heavy atom. The maximum atomic E-state index is 11.8. The Balaban J connectivity index is 2.93. The maximum absolute atomic E-state index is 11.8. The molecule has 0 aliphatic carbocycles. The molecular formula is C14H16ClNO4. The van der Waals surface area contributed by atoms with Crippen LogP contribution >= 0.6 is 11.6 Å². The summed E-state index contributed by atoms with van der Waals surface area (Å²) < 4.78 is 9.68. The molecule has 0 radical (unpaired) electrons. The van der Waals surface area contributed by atoms with Crippen molar-refractivity contribution in [2.75, 3.05) is 13.2 Å². The molecule has 0 heterocycles. The van der Waals surface area contributed by atoms with E-state index in [0.29, 0.717) is 10.7 Å². The first-order valence-corrected chi connectivity index (χ1v) is 6.60. The van der Waals surface area contributed by atoms with Gasteiger partial charge in [0, 0.05) is 5.02 Å². The lowest BCUT2D eigenvalue weighted by atomic mass is 10.2. The van der Waals surface area contributed by atoms with Gasteiger partial charge in [-0.2, -0.15) is 0 Å². The summed E-state index contributed by atoms with van der Waals surface area (Å²) in [5.74, 6) is -1.15. The number of esters is 2. The van der Waals surface area contributed by atoms with Crippen LogP contribution in [-0.4, -0.2) is 30.9 Å². The molecule has 108 valence electrons. The lowest BCUT2D eigenvalue weighted by molar-refractivity contribution is -0.143. The average molecular weight is 298 g/mol. The smallest absolute Gasteiger partial charge is 0.353 e. The van der Waals surface area contributed by atoms with Crippen molar-refractivity contribution in [3.8, 4) is 0 Å². The highest BCUT2D eigenvalue weighted by atomic mass is 35.5. The van der Waals surface area contributed by atoms with Crippen LogP contribution in [0.3, 0.4) is 0 Å². The van der Waals surface area contributed by atoms with Gasteiger partial charge in [0.05, 0.1) is 25.3 Å². The average Bonchev–Trinajstić information content (AvgIpc) is 2.41. The van der Waals surface area contributed by atoms with Crippen molar-refractivity contribution < 1.29 is 19.1 Å². The minimum Gasteiger partial charge on any atom is -0.466 e. The topological polar surface area (TPSA) is 65.0 Å². The molecule has 0 bridgehead atoms. The third-order valence-electron chi connectivity index (χ3n) is 2.22. The molecule has 0 fully saturated rings. The molecule has 0 atom stereocenters. The van der Waals surface area contributed by atoms with Gasteiger partial charge in [-0.15, -0.1) is 0 Å². The summed E-state index contributed by atoms with van der Waals surface area (Å²) >= 11 is 5.77. The van der Waals surface area contributed by atoms with E-state index in [0.717, 1.165) is 0 Å². The molecule has 0 aliphatic rings. The molecule has 0 aromatic heterocycles. The fourth-order valence-electron chi connectivity index (χ4n) is 1.39. The molecule has 0 saturated carbocycles. The van der Waals surface area contributed by atoms with Crippen LogP contribution in [0.1, 0.15) is 20.3 Å². The highest BCUT2D eigenvalue weighted by molar-refractivity contribution is 6.39. The van der Waals surface area contributed by atoms with E-state index in [-0.39, 0.29) is 25.3 Å². The number of carbonyl (C=O) groups is 2. The summed E-state index contributed by atoms with van der Waals surface area (Å²) in [5.41, 5.74) is 0.523. The van der Waals surface area contributed by atoms with Crippen LogP contribution in [0.15, 0.2) is 29.3 Å². The van der Waals surface area contributed by atoms with Gasteiger partial charge in [0.2, 0.25) is 0 Å². The van der Waals surface area contributed by atoms with Crippen LogP contribution in [0.4, 0.5) is 5.69 Å². The molecule has 0 amide bonds. The molecule has 1 rings (SSSR count). The van der Waals surface area contributed by atoms with Gasteiger partial charge in [0.15, 0.2) is 0 Å². The van der Waals surface area contributed by atoms with E-state index < -0.39 is 11.9 Å². The maximum Gasteiger partial charge on any atom is 0.353 e. The van der Waals surface area contributed by atoms with Gasteiger partial charge in [0.25, 0.3) is 0 Å². The van der Waals surface area contributed by atoms with Crippen LogP contribution in [0.5, 0.6) is 0 Å². The van der Waals surface area contributed by atoms with Crippen molar-refractivity contribution in [2.24, 2.45) is 4.99 Å². The highest BCUT2D eigenvalue weighted by Gasteiger charge is 2.18. The molecule has 20 heavy (non-hydrogen) atoms. The first kappa shape index (κ1) is 16.2. The molecule has 1 aromatic carbocycles. The van der Waals surface area contributed by atoms with E-state index >= 15 is 0 Å². The van der Waals surface area contributed by atoms with E-state index in [9.17, 15) is 9.59 Å². The monoisotopic (exact) mass is 297 g/mol. The fraction of sp³-hybridized carbons (Fsp3) is 0.357. The summed E-state index contributed by atoms with van der Waals surface area (Å²) in [5, 5.41) is 0.562. The van der Waals surface area contributed by atoms with Gasteiger partial charge in [-0.25, -0.2) is 9.79 Å². The first-order valence-electron chi connectivity index (χ1n) is 6.22. The van der Waals surface area contributed by atoms with Crippen molar-refractivity contribution in [1.29, 1.82) is 0 Å². The Morgan fingerprint density at radius 1 is 1.10 bits per heavy atom. The number of aliphatic imine (C=N–C) groups is 1. The number of halogens is 1. The molecular weight excluding hydrogens is 282 g/mol. The SMILES string of the molecule is CCOC(=O)CC(=Nc1ccc(Cl)cc1)C(=O)OCC. The molecule has 0 spiro atoms. The molecule has 5 nitrogen and oxygen atoms in total. The zero-order chi connectivity index (χ0) is 15.0. The van der Waals surface area contributed by atoms with Crippen molar-refractivity contribution in [2.45, 2.75) is 20.3 Å². The van der Waals surface area contributed by atoms with Gasteiger partial charge >= 0.3 is 11.9 Å². The van der Waals surface area contributed by atoms with Crippen molar-refractivity contribution in [3.05, 3.63) is 29.3 Å². The van der Waals surface area contributed by atoms with Gasteiger partial charge in [-0.1, -0.05) is 11.6 Å². The van der Waals surface area contributed by atoms with Crippen molar-refractivity contribution in [1.82, 2.24) is 0 Å². The second-order valence-electron chi connectivity index (χ2n) is 3.74. The second-order valence-corrected chi connectivity index (χ2v) is 4.17. The van der Waals surface area contributed by atoms with Gasteiger partial charge in [-0.3, -0.25) is 4.79 Å². The molecule has 0 aliphatic heterocycles. The molecule has 6 heteroatoms. The number of carbonyl (C=O) groups excluding carboxylic acids is 2. The fourth-order valence-corrected chi connectivity index (χ4v) is 1.52. The van der Waals surface area contributed by atoms with E-state index in [1.165, 1.54) is 0 Å². The minimum absolute atomic E-state index is 0.00706. The van der Waals surface area contributed by atoms with Crippen molar-refractivity contribution in [3.63, 3.8) is 0 Å². The lowest BCUT2D eigenvalue weighted by Gasteiger charge is -2.06. The van der Waals surface area contributed by atoms with Gasteiger partial charge in [0.1, 0.15) is 5.71 Å². The van der Waals surface area contributed by atoms with E-state index in [1.54, 1.807) is 38.1 Å². The Bertz CT molecular complexity index is 496. The van der Waals surface area contributed by atoms with Crippen LogP contribution < -0.4 is 0 Å². The molecule has 0 N–H and O–H groups in total. The van der Waals surface area contributed by atoms with Crippen LogP contribution in [0, 0.1) is 0 Å². The zero-order valence-electron chi connectivity index (χ0n) is 11.4. The van der Waals surface area contributed by atoms with Crippen LogP contribution in [0.25, 0.3) is 0 Å². The standard InChI is InChI=1S/C14H16ClNO4/c1-3-19-13(17)9-12(14(18)20-4-2)16-11-7-5-10(15)6-8-11/h5-8H,3-4,9H2,1-2H3. The lowest BCUT2D eigenvalue weighted by Crippen LogP contribution is -2.22. The Morgan fingerprint density at radius 3 is 2.25 bits per heavy atom. The summed E-state index contributed by atoms with van der Waals surface area (Å²) in [4.78, 5) is 27.4. The van der Waals surface area contributed by atoms with E-state index in [2.05, 4.69) is 4.99 Å². The van der Waals surface area contributed by atoms with E-state index in [1.807, 2.05) is 0 Å². The summed E-state index contributed by atoms with van der Waals surface area (Å²) in [7, 11) is 0. The molecule has 0 saturated heterocycles. The molecule has 1 aromatic rings. The predicted molar refractivity (Wildman–Crippen MR) is 76.4 cm³/mol. The molecule has 0 unspecified atom stereocenters. The van der Waals surface area contributed by atoms with Gasteiger partial charge in [-0.05, 0) is 38.1 Å². The van der Waals surface area contributed by atoms with E-state index in [4.69, 9.17) is 21.1 Å². The number of hydrogen-bond acceptors (Lipinski definition) is 5. The number of ether oxygens (including phenoxy) is 2. The Hall–Kier alpha value is -1.88. The largest absolute Gasteiger partial charge is 0.466 e. The van der Waals surface area contributed by atoms with Crippen LogP contribution in [-0.2, 0) is 19.1 Å². The summed E-state index contributed by atoms with van der Waals surface area (Å²) in [6.45, 7) is 3.83. The number of rotatable bonds is 6. The highest BCUT2D eigenvalue weighted by Crippen LogP contribution is 2.17. The van der Waals surface area contributed by atoms with Crippen LogP contribution in [0.2, 0.25) is 5.02 Å². The first-order chi connectivity index (χ1) is 9.56. The van der Waals surface area contributed by atoms with Crippen molar-refractivity contribution >= 4 is 34.9 Å². The Labute approximate surface area is 122 Å². The third kappa shape index (κ3) is 5.40.